The second-order valence-electron chi connectivity index (χ2n) is 3.46. The van der Waals surface area contributed by atoms with Gasteiger partial charge in [0, 0.05) is 0 Å². The van der Waals surface area contributed by atoms with Gasteiger partial charge in [-0.05, 0) is 24.3 Å². The van der Waals surface area contributed by atoms with Crippen LogP contribution in [0.2, 0.25) is 5.15 Å². The van der Waals surface area contributed by atoms with E-state index in [2.05, 4.69) is 4.98 Å². The molecule has 0 unspecified atom stereocenters. The van der Waals surface area contributed by atoms with Crippen molar-refractivity contribution >= 4 is 21.7 Å². The van der Waals surface area contributed by atoms with E-state index in [1.165, 1.54) is 24.3 Å². The normalized spacial score (nSPS) is 10.7. The Balaban J connectivity index is 2.37. The molecule has 1 aromatic heterocycles. The number of rotatable bonds is 3. The maximum atomic E-state index is 12.0. The highest BCUT2D eigenvalue weighted by atomic mass is 35.5. The largest absolute Gasteiger partial charge is 0.378 e. The SMILES string of the molecule is N#Cc1ccccc1OS(=O)(=O)c1ccc(Cl)nc1. The maximum absolute atomic E-state index is 12.0. The Kier molecular flexibility index (Phi) is 3.69. The van der Waals surface area contributed by atoms with Crippen LogP contribution in [-0.2, 0) is 10.1 Å². The first kappa shape index (κ1) is 13.3. The van der Waals surface area contributed by atoms with Crippen molar-refractivity contribution in [3.05, 3.63) is 53.3 Å². The molecule has 19 heavy (non-hydrogen) atoms. The molecule has 0 aliphatic carbocycles. The summed E-state index contributed by atoms with van der Waals surface area (Å²) in [6, 6.07) is 10.5. The zero-order valence-corrected chi connectivity index (χ0v) is 11.0. The zero-order valence-electron chi connectivity index (χ0n) is 9.45. The predicted molar refractivity (Wildman–Crippen MR) is 68.2 cm³/mol. The first-order valence-corrected chi connectivity index (χ1v) is 6.87. The van der Waals surface area contributed by atoms with Gasteiger partial charge >= 0.3 is 10.1 Å². The fourth-order valence-electron chi connectivity index (χ4n) is 1.31. The summed E-state index contributed by atoms with van der Waals surface area (Å²) in [6.07, 6.45) is 1.09. The molecule has 2 rings (SSSR count). The predicted octanol–water partition coefficient (Wildman–Crippen LogP) is 2.37. The number of para-hydroxylation sites is 1. The van der Waals surface area contributed by atoms with E-state index in [1.54, 1.807) is 12.1 Å². The quantitative estimate of drug-likeness (QED) is 0.641. The Morgan fingerprint density at radius 2 is 1.95 bits per heavy atom. The van der Waals surface area contributed by atoms with Crippen molar-refractivity contribution in [2.45, 2.75) is 4.90 Å². The Morgan fingerprint density at radius 1 is 1.21 bits per heavy atom. The van der Waals surface area contributed by atoms with Crippen LogP contribution >= 0.6 is 11.6 Å². The van der Waals surface area contributed by atoms with Gasteiger partial charge in [0.1, 0.15) is 16.1 Å². The molecule has 7 heteroatoms. The van der Waals surface area contributed by atoms with Crippen molar-refractivity contribution in [3.63, 3.8) is 0 Å². The van der Waals surface area contributed by atoms with Crippen LogP contribution in [0.3, 0.4) is 0 Å². The summed E-state index contributed by atoms with van der Waals surface area (Å²) in [4.78, 5) is 3.54. The van der Waals surface area contributed by atoms with Crippen LogP contribution < -0.4 is 4.18 Å². The van der Waals surface area contributed by atoms with E-state index in [1.807, 2.05) is 6.07 Å². The van der Waals surface area contributed by atoms with Crippen LogP contribution in [0.4, 0.5) is 0 Å². The molecular weight excluding hydrogens is 288 g/mol. The standard InChI is InChI=1S/C12H7ClN2O3S/c13-12-6-5-10(8-15-12)19(16,17)18-11-4-2-1-3-9(11)7-14/h1-6,8H. The lowest BCUT2D eigenvalue weighted by Crippen LogP contribution is -2.10. The van der Waals surface area contributed by atoms with Gasteiger partial charge in [0.2, 0.25) is 0 Å². The molecule has 0 aliphatic rings. The average molecular weight is 295 g/mol. The summed E-state index contributed by atoms with van der Waals surface area (Å²) in [5, 5.41) is 9.04. The van der Waals surface area contributed by atoms with E-state index in [0.717, 1.165) is 6.20 Å². The highest BCUT2D eigenvalue weighted by molar-refractivity contribution is 7.87. The minimum Gasteiger partial charge on any atom is -0.378 e. The molecule has 0 N–H and O–H groups in total. The van der Waals surface area contributed by atoms with Crippen molar-refractivity contribution in [2.24, 2.45) is 0 Å². The zero-order chi connectivity index (χ0) is 13.9. The summed E-state index contributed by atoms with van der Waals surface area (Å²) >= 11 is 5.58. The van der Waals surface area contributed by atoms with Crippen LogP contribution in [0.1, 0.15) is 5.56 Å². The fraction of sp³-hybridized carbons (Fsp3) is 0. The summed E-state index contributed by atoms with van der Waals surface area (Å²) in [7, 11) is -4.03. The van der Waals surface area contributed by atoms with Gasteiger partial charge in [-0.2, -0.15) is 13.7 Å². The molecule has 1 heterocycles. The van der Waals surface area contributed by atoms with Crippen LogP contribution in [0.5, 0.6) is 5.75 Å². The first-order chi connectivity index (χ1) is 9.03. The Labute approximate surface area is 115 Å². The van der Waals surface area contributed by atoms with Gasteiger partial charge in [0.25, 0.3) is 0 Å². The molecule has 1 aromatic carbocycles. The van der Waals surface area contributed by atoms with E-state index in [9.17, 15) is 8.42 Å². The van der Waals surface area contributed by atoms with Crippen molar-refractivity contribution in [2.75, 3.05) is 0 Å². The van der Waals surface area contributed by atoms with E-state index < -0.39 is 10.1 Å². The van der Waals surface area contributed by atoms with Gasteiger partial charge < -0.3 is 4.18 Å². The van der Waals surface area contributed by atoms with Crippen LogP contribution in [0, 0.1) is 11.3 Å². The number of hydrogen-bond acceptors (Lipinski definition) is 5. The second-order valence-corrected chi connectivity index (χ2v) is 5.40. The van der Waals surface area contributed by atoms with Crippen molar-refractivity contribution in [3.8, 4) is 11.8 Å². The number of nitrogens with zero attached hydrogens (tertiary/aromatic N) is 2. The highest BCUT2D eigenvalue weighted by Gasteiger charge is 2.18. The van der Waals surface area contributed by atoms with Gasteiger partial charge in [0.15, 0.2) is 5.75 Å². The molecule has 0 atom stereocenters. The van der Waals surface area contributed by atoms with Crippen LogP contribution in [0.15, 0.2) is 47.5 Å². The summed E-state index contributed by atoms with van der Waals surface area (Å²) in [5.41, 5.74) is 0.132. The third-order valence-electron chi connectivity index (χ3n) is 2.20. The van der Waals surface area contributed by atoms with Gasteiger partial charge in [-0.15, -0.1) is 0 Å². The summed E-state index contributed by atoms with van der Waals surface area (Å²) in [6.45, 7) is 0. The number of halogens is 1. The fourth-order valence-corrected chi connectivity index (χ4v) is 2.31. The Bertz CT molecular complexity index is 736. The molecule has 5 nitrogen and oxygen atoms in total. The topological polar surface area (TPSA) is 80.0 Å². The highest BCUT2D eigenvalue weighted by Crippen LogP contribution is 2.22. The molecule has 0 amide bonds. The minimum atomic E-state index is -4.03. The Hall–Kier alpha value is -2.10. The number of aromatic nitrogens is 1. The summed E-state index contributed by atoms with van der Waals surface area (Å²) in [5.74, 6) is -0.0278. The molecule has 0 aliphatic heterocycles. The van der Waals surface area contributed by atoms with Gasteiger partial charge in [-0.1, -0.05) is 23.7 Å². The van der Waals surface area contributed by atoms with E-state index in [4.69, 9.17) is 21.0 Å². The molecule has 0 saturated carbocycles. The third-order valence-corrected chi connectivity index (χ3v) is 3.64. The van der Waals surface area contributed by atoms with Gasteiger partial charge in [0.05, 0.1) is 11.8 Å². The first-order valence-electron chi connectivity index (χ1n) is 5.08. The smallest absolute Gasteiger partial charge is 0.340 e. The number of nitriles is 1. The Morgan fingerprint density at radius 3 is 2.58 bits per heavy atom. The van der Waals surface area contributed by atoms with Gasteiger partial charge in [-0.25, -0.2) is 4.98 Å². The summed E-state index contributed by atoms with van der Waals surface area (Å²) < 4.78 is 28.8. The number of hydrogen-bond donors (Lipinski definition) is 0. The minimum absolute atomic E-state index is 0.0278. The average Bonchev–Trinajstić information content (AvgIpc) is 2.39. The molecule has 0 saturated heterocycles. The van der Waals surface area contributed by atoms with Crippen LogP contribution in [0.25, 0.3) is 0 Å². The molecule has 0 fully saturated rings. The number of benzene rings is 1. The van der Waals surface area contributed by atoms with Crippen molar-refractivity contribution in [1.82, 2.24) is 4.98 Å². The second kappa shape index (κ2) is 5.26. The van der Waals surface area contributed by atoms with Crippen molar-refractivity contribution < 1.29 is 12.6 Å². The molecule has 0 radical (unpaired) electrons. The van der Waals surface area contributed by atoms with Gasteiger partial charge in [-0.3, -0.25) is 0 Å². The van der Waals surface area contributed by atoms with E-state index in [-0.39, 0.29) is 21.4 Å². The molecular formula is C12H7ClN2O3S. The third kappa shape index (κ3) is 3.02. The molecule has 0 spiro atoms. The van der Waals surface area contributed by atoms with E-state index in [0.29, 0.717) is 0 Å². The number of pyridine rings is 1. The lowest BCUT2D eigenvalue weighted by atomic mass is 10.2. The monoisotopic (exact) mass is 294 g/mol. The van der Waals surface area contributed by atoms with E-state index >= 15 is 0 Å². The molecule has 0 bridgehead atoms. The maximum Gasteiger partial charge on any atom is 0.340 e. The lowest BCUT2D eigenvalue weighted by Gasteiger charge is -2.07. The molecule has 96 valence electrons. The van der Waals surface area contributed by atoms with Crippen molar-refractivity contribution in [1.29, 1.82) is 5.26 Å². The molecule has 2 aromatic rings. The van der Waals surface area contributed by atoms with Crippen LogP contribution in [-0.4, -0.2) is 13.4 Å². The lowest BCUT2D eigenvalue weighted by molar-refractivity contribution is 0.485.